The molecule has 1 fully saturated rings. The van der Waals surface area contributed by atoms with Crippen molar-refractivity contribution in [2.75, 3.05) is 13.2 Å². The van der Waals surface area contributed by atoms with E-state index >= 15 is 0 Å². The molecule has 1 aliphatic rings. The van der Waals surface area contributed by atoms with Crippen LogP contribution in [0.3, 0.4) is 0 Å². The third kappa shape index (κ3) is 6.60. The summed E-state index contributed by atoms with van der Waals surface area (Å²) < 4.78 is 9.45. The molecule has 0 saturated carbocycles. The molecule has 0 unspecified atom stereocenters. The van der Waals surface area contributed by atoms with Gasteiger partial charge in [-0.05, 0) is 42.2 Å². The van der Waals surface area contributed by atoms with Crippen molar-refractivity contribution in [2.24, 2.45) is 0 Å². The Bertz CT molecular complexity index is 609. The Morgan fingerprint density at radius 3 is 2.08 bits per heavy atom. The van der Waals surface area contributed by atoms with Gasteiger partial charge >= 0.3 is 0 Å². The molecule has 2 aromatic rings. The minimum absolute atomic E-state index is 0. The molecule has 3 heterocycles. The molecule has 0 bridgehead atoms. The van der Waals surface area contributed by atoms with E-state index in [0.717, 1.165) is 39.0 Å². The zero-order chi connectivity index (χ0) is 18.2. The van der Waals surface area contributed by atoms with Crippen LogP contribution in [0.1, 0.15) is 90.3 Å². The molecule has 0 radical (unpaired) electrons. The Labute approximate surface area is 159 Å². The van der Waals surface area contributed by atoms with Crippen LogP contribution in [0.2, 0.25) is 0 Å². The highest BCUT2D eigenvalue weighted by Crippen LogP contribution is 2.22. The van der Waals surface area contributed by atoms with Gasteiger partial charge in [-0.15, -0.1) is 0 Å². The molecule has 2 aromatic heterocycles. The Balaban J connectivity index is 0.000000258. The lowest BCUT2D eigenvalue weighted by Gasteiger charge is -2.22. The van der Waals surface area contributed by atoms with E-state index in [1.54, 1.807) is 0 Å². The van der Waals surface area contributed by atoms with Crippen LogP contribution in [-0.4, -0.2) is 32.8 Å². The van der Waals surface area contributed by atoms with Crippen LogP contribution in [0.4, 0.5) is 0 Å². The van der Waals surface area contributed by atoms with Gasteiger partial charge in [0, 0.05) is 32.2 Å². The molecule has 0 atom stereocenters. The lowest BCUT2D eigenvalue weighted by molar-refractivity contribution is 0.0662. The topological polar surface area (TPSA) is 44.9 Å². The van der Waals surface area contributed by atoms with Gasteiger partial charge in [-0.25, -0.2) is 0 Å². The van der Waals surface area contributed by atoms with Crippen molar-refractivity contribution in [3.63, 3.8) is 0 Å². The maximum Gasteiger partial charge on any atom is 0.0563 e. The van der Waals surface area contributed by atoms with E-state index in [2.05, 4.69) is 61.9 Å². The summed E-state index contributed by atoms with van der Waals surface area (Å²) in [6, 6.07) is 0.552. The Morgan fingerprint density at radius 1 is 1.00 bits per heavy atom. The van der Waals surface area contributed by atoms with Crippen molar-refractivity contribution in [1.29, 1.82) is 0 Å². The van der Waals surface area contributed by atoms with Crippen molar-refractivity contribution in [1.82, 2.24) is 19.6 Å². The SMILES string of the molecule is C.CC(C)c1cnn(C2CCOCC2)c1.CCCn1cc(C(C)C)cn1. The van der Waals surface area contributed by atoms with Gasteiger partial charge in [-0.2, -0.15) is 10.2 Å². The summed E-state index contributed by atoms with van der Waals surface area (Å²) in [5.74, 6) is 1.17. The van der Waals surface area contributed by atoms with Gasteiger partial charge in [0.2, 0.25) is 0 Å². The normalized spacial score (nSPS) is 14.9. The number of aryl methyl sites for hydroxylation is 1. The molecule has 1 aliphatic heterocycles. The van der Waals surface area contributed by atoms with Crippen LogP contribution in [0.25, 0.3) is 0 Å². The molecule has 0 spiro atoms. The number of hydrogen-bond donors (Lipinski definition) is 0. The second-order valence-electron chi connectivity index (χ2n) is 7.44. The van der Waals surface area contributed by atoms with Crippen LogP contribution in [0, 0.1) is 0 Å². The average molecular weight is 363 g/mol. The summed E-state index contributed by atoms with van der Waals surface area (Å²) in [4.78, 5) is 0. The largest absolute Gasteiger partial charge is 0.381 e. The number of hydrogen-bond acceptors (Lipinski definition) is 3. The highest BCUT2D eigenvalue weighted by Gasteiger charge is 2.16. The number of nitrogens with zero attached hydrogens (tertiary/aromatic N) is 4. The predicted molar refractivity (Wildman–Crippen MR) is 109 cm³/mol. The van der Waals surface area contributed by atoms with E-state index in [9.17, 15) is 0 Å². The highest BCUT2D eigenvalue weighted by atomic mass is 16.5. The number of ether oxygens (including phenoxy) is 1. The van der Waals surface area contributed by atoms with Crippen LogP contribution in [-0.2, 0) is 11.3 Å². The van der Waals surface area contributed by atoms with E-state index in [0.29, 0.717) is 17.9 Å². The standard InChI is InChI=1S/C11H18N2O.C9H16N2.CH4/c1-9(2)10-7-12-13(8-10)11-3-5-14-6-4-11;1-4-5-11-7-9(6-10-11)8(2)3;/h7-9,11H,3-6H2,1-2H3;6-8H,4-5H2,1-3H3;1H4. The van der Waals surface area contributed by atoms with Crippen LogP contribution >= 0.6 is 0 Å². The Morgan fingerprint density at radius 2 is 1.58 bits per heavy atom. The minimum atomic E-state index is 0. The molecule has 26 heavy (non-hydrogen) atoms. The van der Waals surface area contributed by atoms with Crippen molar-refractivity contribution >= 4 is 0 Å². The Hall–Kier alpha value is -1.62. The summed E-state index contributed by atoms with van der Waals surface area (Å²) in [6.07, 6.45) is 11.6. The molecule has 0 amide bonds. The zero-order valence-corrected chi connectivity index (χ0v) is 16.5. The molecular weight excluding hydrogens is 324 g/mol. The lowest BCUT2D eigenvalue weighted by atomic mass is 10.1. The molecule has 0 aliphatic carbocycles. The van der Waals surface area contributed by atoms with Gasteiger partial charge in [0.15, 0.2) is 0 Å². The van der Waals surface area contributed by atoms with Gasteiger partial charge in [-0.3, -0.25) is 9.36 Å². The monoisotopic (exact) mass is 362 g/mol. The molecule has 3 rings (SSSR count). The van der Waals surface area contributed by atoms with Gasteiger partial charge in [-0.1, -0.05) is 42.0 Å². The molecule has 0 N–H and O–H groups in total. The fourth-order valence-corrected chi connectivity index (χ4v) is 2.83. The summed E-state index contributed by atoms with van der Waals surface area (Å²) in [6.45, 7) is 13.7. The minimum Gasteiger partial charge on any atom is -0.381 e. The van der Waals surface area contributed by atoms with E-state index < -0.39 is 0 Å². The first kappa shape index (κ1) is 22.4. The molecule has 5 nitrogen and oxygen atoms in total. The van der Waals surface area contributed by atoms with Crippen LogP contribution in [0.5, 0.6) is 0 Å². The smallest absolute Gasteiger partial charge is 0.0563 e. The van der Waals surface area contributed by atoms with Gasteiger partial charge in [0.05, 0.1) is 18.4 Å². The number of aromatic nitrogens is 4. The van der Waals surface area contributed by atoms with Gasteiger partial charge in [0.1, 0.15) is 0 Å². The van der Waals surface area contributed by atoms with Crippen molar-refractivity contribution in [3.8, 4) is 0 Å². The van der Waals surface area contributed by atoms with E-state index in [1.165, 1.54) is 11.1 Å². The van der Waals surface area contributed by atoms with Crippen LogP contribution < -0.4 is 0 Å². The third-order valence-corrected chi connectivity index (χ3v) is 4.63. The molecule has 148 valence electrons. The second kappa shape index (κ2) is 11.2. The highest BCUT2D eigenvalue weighted by molar-refractivity contribution is 5.09. The van der Waals surface area contributed by atoms with Gasteiger partial charge in [0.25, 0.3) is 0 Å². The zero-order valence-electron chi connectivity index (χ0n) is 16.5. The third-order valence-electron chi connectivity index (χ3n) is 4.63. The van der Waals surface area contributed by atoms with E-state index in [-0.39, 0.29) is 7.43 Å². The van der Waals surface area contributed by atoms with Crippen molar-refractivity contribution < 1.29 is 4.74 Å². The van der Waals surface area contributed by atoms with Gasteiger partial charge < -0.3 is 4.74 Å². The molecular formula is C21H38N4O. The fourth-order valence-electron chi connectivity index (χ4n) is 2.83. The quantitative estimate of drug-likeness (QED) is 0.714. The summed E-state index contributed by atoms with van der Waals surface area (Å²) in [7, 11) is 0. The first-order chi connectivity index (χ1) is 12.0. The summed E-state index contributed by atoms with van der Waals surface area (Å²) >= 11 is 0. The summed E-state index contributed by atoms with van der Waals surface area (Å²) in [5.41, 5.74) is 2.66. The molecule has 5 heteroatoms. The maximum atomic E-state index is 5.33. The summed E-state index contributed by atoms with van der Waals surface area (Å²) in [5, 5.41) is 8.67. The predicted octanol–water partition coefficient (Wildman–Crippen LogP) is 5.41. The molecule has 1 saturated heterocycles. The maximum absolute atomic E-state index is 5.33. The van der Waals surface area contributed by atoms with E-state index in [4.69, 9.17) is 4.74 Å². The average Bonchev–Trinajstić information content (AvgIpc) is 3.26. The van der Waals surface area contributed by atoms with Crippen LogP contribution in [0.15, 0.2) is 24.8 Å². The fraction of sp³-hybridized carbons (Fsp3) is 0.714. The van der Waals surface area contributed by atoms with Crippen molar-refractivity contribution in [2.45, 2.75) is 85.7 Å². The second-order valence-corrected chi connectivity index (χ2v) is 7.44. The number of rotatable bonds is 5. The Kier molecular flexibility index (Phi) is 9.63. The van der Waals surface area contributed by atoms with Crippen molar-refractivity contribution in [3.05, 3.63) is 35.9 Å². The molecule has 0 aromatic carbocycles. The van der Waals surface area contributed by atoms with E-state index in [1.807, 2.05) is 17.1 Å². The first-order valence-electron chi connectivity index (χ1n) is 9.65. The first-order valence-corrected chi connectivity index (χ1v) is 9.65. The lowest BCUT2D eigenvalue weighted by Crippen LogP contribution is -2.19.